The third-order valence-corrected chi connectivity index (χ3v) is 6.67. The zero-order chi connectivity index (χ0) is 16.3. The number of rotatable bonds is 2. The molecule has 6 heteroatoms. The number of pyridine rings is 1. The van der Waals surface area contributed by atoms with E-state index in [9.17, 15) is 9.59 Å². The van der Waals surface area contributed by atoms with Gasteiger partial charge in [0, 0.05) is 18.0 Å². The normalized spacial score (nSPS) is 32.3. The van der Waals surface area contributed by atoms with Gasteiger partial charge in [-0.3, -0.25) is 9.59 Å². The first-order valence-corrected chi connectivity index (χ1v) is 8.05. The van der Waals surface area contributed by atoms with Gasteiger partial charge in [-0.25, -0.2) is 4.98 Å². The van der Waals surface area contributed by atoms with E-state index in [2.05, 4.69) is 10.3 Å². The lowest BCUT2D eigenvalue weighted by Gasteiger charge is -2.38. The number of carbonyl (C=O) groups excluding carboxylic acids is 2. The van der Waals surface area contributed by atoms with E-state index in [1.807, 2.05) is 20.8 Å². The summed E-state index contributed by atoms with van der Waals surface area (Å²) in [6, 6.07) is 1.53. The lowest BCUT2D eigenvalue weighted by molar-refractivity contribution is -0.131. The number of hydrogen-bond acceptors (Lipinski definition) is 3. The third-order valence-electron chi connectivity index (χ3n) is 6.18. The molecule has 118 valence electrons. The van der Waals surface area contributed by atoms with Crippen LogP contribution in [0.2, 0.25) is 10.0 Å². The van der Waals surface area contributed by atoms with Crippen molar-refractivity contribution in [1.82, 2.24) is 4.98 Å². The fraction of sp³-hybridized carbons (Fsp3) is 0.562. The molecule has 0 radical (unpaired) electrons. The largest absolute Gasteiger partial charge is 0.309 e. The first-order valence-electron chi connectivity index (χ1n) is 7.30. The van der Waals surface area contributed by atoms with Crippen molar-refractivity contribution < 1.29 is 9.59 Å². The lowest BCUT2D eigenvalue weighted by atomic mass is 9.64. The smallest absolute Gasteiger partial charge is 0.232 e. The number of carbonyl (C=O) groups is 2. The SMILES string of the molecule is CC1(C)[C@]2(C(=O)Nc3ncc(Cl)cc3Cl)CC[C@]1(C)C(=O)C2. The lowest BCUT2D eigenvalue weighted by Crippen LogP contribution is -2.43. The Labute approximate surface area is 139 Å². The van der Waals surface area contributed by atoms with E-state index >= 15 is 0 Å². The van der Waals surface area contributed by atoms with Gasteiger partial charge in [-0.05, 0) is 24.3 Å². The highest BCUT2D eigenvalue weighted by molar-refractivity contribution is 6.36. The molecule has 0 saturated heterocycles. The van der Waals surface area contributed by atoms with Crippen LogP contribution in [0.5, 0.6) is 0 Å². The Balaban J connectivity index is 1.94. The van der Waals surface area contributed by atoms with Crippen LogP contribution in [0.25, 0.3) is 0 Å². The molecule has 1 aromatic heterocycles. The highest BCUT2D eigenvalue weighted by Gasteiger charge is 2.72. The van der Waals surface area contributed by atoms with E-state index in [0.717, 1.165) is 6.42 Å². The molecule has 0 unspecified atom stereocenters. The Morgan fingerprint density at radius 2 is 1.95 bits per heavy atom. The minimum absolute atomic E-state index is 0.175. The van der Waals surface area contributed by atoms with Crippen LogP contribution in [0.4, 0.5) is 5.82 Å². The van der Waals surface area contributed by atoms with Crippen molar-refractivity contribution in [3.05, 3.63) is 22.3 Å². The molecule has 2 bridgehead atoms. The highest BCUT2D eigenvalue weighted by atomic mass is 35.5. The first-order chi connectivity index (χ1) is 10.1. The van der Waals surface area contributed by atoms with Crippen LogP contribution in [0.3, 0.4) is 0 Å². The monoisotopic (exact) mass is 340 g/mol. The highest BCUT2D eigenvalue weighted by Crippen LogP contribution is 2.70. The van der Waals surface area contributed by atoms with E-state index in [0.29, 0.717) is 16.5 Å². The summed E-state index contributed by atoms with van der Waals surface area (Å²) >= 11 is 11.9. The van der Waals surface area contributed by atoms with Gasteiger partial charge in [-0.15, -0.1) is 0 Å². The molecule has 1 amide bonds. The molecule has 2 aliphatic rings. The zero-order valence-electron chi connectivity index (χ0n) is 12.8. The van der Waals surface area contributed by atoms with Gasteiger partial charge in [0.05, 0.1) is 15.5 Å². The van der Waals surface area contributed by atoms with Crippen molar-refractivity contribution in [3.63, 3.8) is 0 Å². The number of anilines is 1. The number of nitrogens with one attached hydrogen (secondary N) is 1. The number of halogens is 2. The second-order valence-electron chi connectivity index (χ2n) is 7.08. The minimum Gasteiger partial charge on any atom is -0.309 e. The molecular formula is C16H18Cl2N2O2. The number of nitrogens with zero attached hydrogens (tertiary/aromatic N) is 1. The van der Waals surface area contributed by atoms with Crippen LogP contribution < -0.4 is 5.32 Å². The molecule has 2 atom stereocenters. The molecule has 1 aromatic rings. The van der Waals surface area contributed by atoms with Crippen LogP contribution in [0, 0.1) is 16.2 Å². The summed E-state index contributed by atoms with van der Waals surface area (Å²) in [4.78, 5) is 29.4. The second-order valence-corrected chi connectivity index (χ2v) is 7.92. The van der Waals surface area contributed by atoms with Crippen molar-refractivity contribution in [3.8, 4) is 0 Å². The summed E-state index contributed by atoms with van der Waals surface area (Å²) in [7, 11) is 0. The summed E-state index contributed by atoms with van der Waals surface area (Å²) in [6.07, 6.45) is 3.17. The topological polar surface area (TPSA) is 59.1 Å². The molecule has 1 heterocycles. The van der Waals surface area contributed by atoms with Crippen molar-refractivity contribution >= 4 is 40.7 Å². The van der Waals surface area contributed by atoms with Gasteiger partial charge < -0.3 is 5.32 Å². The number of ketones is 1. The fourth-order valence-electron chi connectivity index (χ4n) is 4.09. The summed E-state index contributed by atoms with van der Waals surface area (Å²) in [5.41, 5.74) is -1.51. The van der Waals surface area contributed by atoms with Crippen molar-refractivity contribution in [2.45, 2.75) is 40.0 Å². The molecule has 1 N–H and O–H groups in total. The van der Waals surface area contributed by atoms with Crippen LogP contribution in [0.15, 0.2) is 12.3 Å². The molecule has 2 fully saturated rings. The number of Topliss-reactive ketones (excluding diaryl/α,β-unsaturated/α-hetero) is 1. The molecule has 2 aliphatic carbocycles. The van der Waals surface area contributed by atoms with Gasteiger partial charge in [0.25, 0.3) is 0 Å². The predicted molar refractivity (Wildman–Crippen MR) is 86.1 cm³/mol. The molecule has 3 rings (SSSR count). The second kappa shape index (κ2) is 4.68. The Morgan fingerprint density at radius 3 is 2.45 bits per heavy atom. The molecular weight excluding hydrogens is 323 g/mol. The van der Waals surface area contributed by atoms with Crippen LogP contribution in [-0.2, 0) is 9.59 Å². The molecule has 0 aromatic carbocycles. The molecule has 0 aliphatic heterocycles. The maximum Gasteiger partial charge on any atom is 0.232 e. The standard InChI is InChI=1S/C16H18Cl2N2O2/c1-14(2)15(3)4-5-16(14,7-11(15)21)13(22)20-12-10(18)6-9(17)8-19-12/h6,8H,4-5,7H2,1-3H3,(H,19,20,22)/t15-,16-/m1/s1. The van der Waals surface area contributed by atoms with Crippen molar-refractivity contribution in [1.29, 1.82) is 0 Å². The Bertz CT molecular complexity index is 689. The average Bonchev–Trinajstić information content (AvgIpc) is 2.72. The third kappa shape index (κ3) is 1.80. The fourth-order valence-corrected chi connectivity index (χ4v) is 4.52. The van der Waals surface area contributed by atoms with Crippen LogP contribution >= 0.6 is 23.2 Å². The predicted octanol–water partition coefficient (Wildman–Crippen LogP) is 4.11. The van der Waals surface area contributed by atoms with Crippen LogP contribution in [0.1, 0.15) is 40.0 Å². The van der Waals surface area contributed by atoms with E-state index < -0.39 is 10.8 Å². The Morgan fingerprint density at radius 1 is 1.27 bits per heavy atom. The molecule has 4 nitrogen and oxygen atoms in total. The van der Waals surface area contributed by atoms with Gasteiger partial charge >= 0.3 is 0 Å². The van der Waals surface area contributed by atoms with Gasteiger partial charge in [-0.2, -0.15) is 0 Å². The van der Waals surface area contributed by atoms with Gasteiger partial charge in [0.1, 0.15) is 5.78 Å². The molecule has 0 spiro atoms. The quantitative estimate of drug-likeness (QED) is 0.881. The Hall–Kier alpha value is -1.13. The van der Waals surface area contributed by atoms with Gasteiger partial charge in [-0.1, -0.05) is 44.0 Å². The summed E-state index contributed by atoms with van der Waals surface area (Å²) < 4.78 is 0. The number of hydrogen-bond donors (Lipinski definition) is 1. The number of amides is 1. The van der Waals surface area contributed by atoms with Crippen molar-refractivity contribution in [2.24, 2.45) is 16.2 Å². The van der Waals surface area contributed by atoms with E-state index in [1.165, 1.54) is 12.3 Å². The van der Waals surface area contributed by atoms with Crippen LogP contribution in [-0.4, -0.2) is 16.7 Å². The molecule has 22 heavy (non-hydrogen) atoms. The van der Waals surface area contributed by atoms with Crippen molar-refractivity contribution in [2.75, 3.05) is 5.32 Å². The first kappa shape index (κ1) is 15.8. The van der Waals surface area contributed by atoms with E-state index in [1.54, 1.807) is 0 Å². The summed E-state index contributed by atoms with van der Waals surface area (Å²) in [5.74, 6) is 0.284. The number of aromatic nitrogens is 1. The van der Waals surface area contributed by atoms with Gasteiger partial charge in [0.15, 0.2) is 5.82 Å². The molecule has 2 saturated carbocycles. The minimum atomic E-state index is -0.691. The maximum atomic E-state index is 12.9. The maximum absolute atomic E-state index is 12.9. The average molecular weight is 341 g/mol. The Kier molecular flexibility index (Phi) is 3.35. The van der Waals surface area contributed by atoms with E-state index in [-0.39, 0.29) is 29.3 Å². The zero-order valence-corrected chi connectivity index (χ0v) is 14.3. The summed E-state index contributed by atoms with van der Waals surface area (Å²) in [6.45, 7) is 6.01. The summed E-state index contributed by atoms with van der Waals surface area (Å²) in [5, 5.41) is 3.50. The number of fused-ring (bicyclic) bond motifs is 2. The van der Waals surface area contributed by atoms with Gasteiger partial charge in [0.2, 0.25) is 5.91 Å². The van der Waals surface area contributed by atoms with E-state index in [4.69, 9.17) is 23.2 Å².